The second-order valence-electron chi connectivity index (χ2n) is 5.32. The molecular formula is C14H22N2O2S. The molecule has 0 unspecified atom stereocenters. The Morgan fingerprint density at radius 3 is 2.37 bits per heavy atom. The highest BCUT2D eigenvalue weighted by Crippen LogP contribution is 2.24. The van der Waals surface area contributed by atoms with Gasteiger partial charge in [-0.2, -0.15) is 4.31 Å². The lowest BCUT2D eigenvalue weighted by atomic mass is 10.1. The van der Waals surface area contributed by atoms with Crippen LogP contribution in [0.4, 0.5) is 0 Å². The number of hydrogen-bond acceptors (Lipinski definition) is 3. The van der Waals surface area contributed by atoms with E-state index in [1.807, 2.05) is 19.1 Å². The molecule has 19 heavy (non-hydrogen) atoms. The maximum atomic E-state index is 12.6. The highest BCUT2D eigenvalue weighted by Gasteiger charge is 2.30. The molecule has 1 heterocycles. The SMILES string of the molecule is Cc1ccccc1S(=O)(=O)N(C)C1CCN(C)CC1. The molecular weight excluding hydrogens is 260 g/mol. The number of benzene rings is 1. The zero-order valence-corrected chi connectivity index (χ0v) is 12.7. The molecule has 0 atom stereocenters. The molecule has 0 N–H and O–H groups in total. The average Bonchev–Trinajstić information content (AvgIpc) is 2.39. The zero-order chi connectivity index (χ0) is 14.0. The van der Waals surface area contributed by atoms with Crippen LogP contribution in [0.2, 0.25) is 0 Å². The molecule has 1 aromatic rings. The van der Waals surface area contributed by atoms with Crippen LogP contribution in [0.25, 0.3) is 0 Å². The van der Waals surface area contributed by atoms with Gasteiger partial charge >= 0.3 is 0 Å². The molecule has 1 aliphatic heterocycles. The van der Waals surface area contributed by atoms with Gasteiger partial charge in [0.05, 0.1) is 4.90 Å². The Bertz CT molecular complexity index is 534. The van der Waals surface area contributed by atoms with Crippen molar-refractivity contribution in [2.24, 2.45) is 0 Å². The Kier molecular flexibility index (Phi) is 4.28. The van der Waals surface area contributed by atoms with E-state index in [0.29, 0.717) is 4.90 Å². The zero-order valence-electron chi connectivity index (χ0n) is 11.8. The van der Waals surface area contributed by atoms with Crippen molar-refractivity contribution in [3.63, 3.8) is 0 Å². The second-order valence-corrected chi connectivity index (χ2v) is 7.29. The third-order valence-electron chi connectivity index (χ3n) is 3.95. The summed E-state index contributed by atoms with van der Waals surface area (Å²) >= 11 is 0. The van der Waals surface area contributed by atoms with Crippen LogP contribution in [0.15, 0.2) is 29.2 Å². The van der Waals surface area contributed by atoms with Crippen molar-refractivity contribution in [2.75, 3.05) is 27.2 Å². The van der Waals surface area contributed by atoms with E-state index in [1.165, 1.54) is 0 Å². The van der Waals surface area contributed by atoms with Gasteiger partial charge in [0.2, 0.25) is 10.0 Å². The highest BCUT2D eigenvalue weighted by atomic mass is 32.2. The summed E-state index contributed by atoms with van der Waals surface area (Å²) in [7, 11) is 0.410. The first-order chi connectivity index (χ1) is 8.93. The molecule has 1 aliphatic rings. The molecule has 0 aliphatic carbocycles. The van der Waals surface area contributed by atoms with Gasteiger partial charge in [-0.05, 0) is 51.5 Å². The number of rotatable bonds is 3. The van der Waals surface area contributed by atoms with Gasteiger partial charge in [0, 0.05) is 13.1 Å². The van der Waals surface area contributed by atoms with Crippen LogP contribution < -0.4 is 0 Å². The minimum absolute atomic E-state index is 0.112. The van der Waals surface area contributed by atoms with Gasteiger partial charge < -0.3 is 4.90 Å². The number of sulfonamides is 1. The van der Waals surface area contributed by atoms with Gasteiger partial charge in [-0.1, -0.05) is 18.2 Å². The maximum Gasteiger partial charge on any atom is 0.243 e. The van der Waals surface area contributed by atoms with E-state index in [9.17, 15) is 8.42 Å². The molecule has 0 amide bonds. The van der Waals surface area contributed by atoms with Crippen LogP contribution >= 0.6 is 0 Å². The van der Waals surface area contributed by atoms with Crippen molar-refractivity contribution >= 4 is 10.0 Å². The Balaban J connectivity index is 2.23. The Labute approximate surface area is 116 Å². The van der Waals surface area contributed by atoms with Crippen molar-refractivity contribution in [3.8, 4) is 0 Å². The second kappa shape index (κ2) is 5.61. The number of piperidine rings is 1. The monoisotopic (exact) mass is 282 g/mol. The largest absolute Gasteiger partial charge is 0.306 e. The summed E-state index contributed by atoms with van der Waals surface area (Å²) in [6.07, 6.45) is 1.80. The van der Waals surface area contributed by atoms with Crippen molar-refractivity contribution in [1.82, 2.24) is 9.21 Å². The van der Waals surface area contributed by atoms with Gasteiger partial charge in [0.1, 0.15) is 0 Å². The number of aryl methyl sites for hydroxylation is 1. The molecule has 0 radical (unpaired) electrons. The lowest BCUT2D eigenvalue weighted by molar-refractivity contribution is 0.197. The van der Waals surface area contributed by atoms with Gasteiger partial charge in [0.15, 0.2) is 0 Å². The predicted molar refractivity (Wildman–Crippen MR) is 76.6 cm³/mol. The number of hydrogen-bond donors (Lipinski definition) is 0. The molecule has 4 nitrogen and oxygen atoms in total. The Hall–Kier alpha value is -0.910. The molecule has 0 saturated carbocycles. The van der Waals surface area contributed by atoms with Crippen molar-refractivity contribution in [3.05, 3.63) is 29.8 Å². The van der Waals surface area contributed by atoms with Gasteiger partial charge in [-0.15, -0.1) is 0 Å². The van der Waals surface area contributed by atoms with Crippen molar-refractivity contribution in [2.45, 2.75) is 30.7 Å². The van der Waals surface area contributed by atoms with Gasteiger partial charge in [-0.3, -0.25) is 0 Å². The van der Waals surface area contributed by atoms with Crippen LogP contribution in [0.1, 0.15) is 18.4 Å². The first-order valence-electron chi connectivity index (χ1n) is 6.65. The van der Waals surface area contributed by atoms with Gasteiger partial charge in [0.25, 0.3) is 0 Å². The first kappa shape index (κ1) is 14.5. The van der Waals surface area contributed by atoms with E-state index in [1.54, 1.807) is 23.5 Å². The maximum absolute atomic E-state index is 12.6. The van der Waals surface area contributed by atoms with E-state index in [0.717, 1.165) is 31.5 Å². The number of likely N-dealkylation sites (tertiary alicyclic amines) is 1. The fraction of sp³-hybridized carbons (Fsp3) is 0.571. The first-order valence-corrected chi connectivity index (χ1v) is 8.09. The van der Waals surface area contributed by atoms with Crippen molar-refractivity contribution in [1.29, 1.82) is 0 Å². The minimum atomic E-state index is -3.37. The summed E-state index contributed by atoms with van der Waals surface area (Å²) in [5, 5.41) is 0. The van der Waals surface area contributed by atoms with Crippen LogP contribution in [0.3, 0.4) is 0 Å². The van der Waals surface area contributed by atoms with Crippen LogP contribution in [-0.4, -0.2) is 50.8 Å². The minimum Gasteiger partial charge on any atom is -0.306 e. The lowest BCUT2D eigenvalue weighted by Gasteiger charge is -2.34. The molecule has 1 saturated heterocycles. The van der Waals surface area contributed by atoms with Crippen LogP contribution in [0.5, 0.6) is 0 Å². The Morgan fingerprint density at radius 2 is 1.79 bits per heavy atom. The molecule has 5 heteroatoms. The third-order valence-corrected chi connectivity index (χ3v) is 6.02. The quantitative estimate of drug-likeness (QED) is 0.847. The van der Waals surface area contributed by atoms with Crippen molar-refractivity contribution < 1.29 is 8.42 Å². The number of nitrogens with zero attached hydrogens (tertiary/aromatic N) is 2. The van der Waals surface area contributed by atoms with Crippen LogP contribution in [-0.2, 0) is 10.0 Å². The van der Waals surface area contributed by atoms with E-state index in [4.69, 9.17) is 0 Å². The smallest absolute Gasteiger partial charge is 0.243 e. The lowest BCUT2D eigenvalue weighted by Crippen LogP contribution is -2.44. The average molecular weight is 282 g/mol. The molecule has 1 aromatic carbocycles. The predicted octanol–water partition coefficient (Wildman–Crippen LogP) is 1.71. The summed E-state index contributed by atoms with van der Waals surface area (Å²) in [5.41, 5.74) is 0.808. The molecule has 106 valence electrons. The third kappa shape index (κ3) is 2.99. The molecule has 1 fully saturated rings. The Morgan fingerprint density at radius 1 is 1.21 bits per heavy atom. The topological polar surface area (TPSA) is 40.6 Å². The fourth-order valence-electron chi connectivity index (χ4n) is 2.56. The molecule has 0 spiro atoms. The summed E-state index contributed by atoms with van der Waals surface area (Å²) in [4.78, 5) is 2.67. The highest BCUT2D eigenvalue weighted by molar-refractivity contribution is 7.89. The van der Waals surface area contributed by atoms with E-state index < -0.39 is 10.0 Å². The van der Waals surface area contributed by atoms with Crippen LogP contribution in [0, 0.1) is 6.92 Å². The molecule has 0 bridgehead atoms. The standard InChI is InChI=1S/C14H22N2O2S/c1-12-6-4-5-7-14(12)19(17,18)16(3)13-8-10-15(2)11-9-13/h4-7,13H,8-11H2,1-3H3. The van der Waals surface area contributed by atoms with Gasteiger partial charge in [-0.25, -0.2) is 8.42 Å². The summed E-state index contributed by atoms with van der Waals surface area (Å²) in [6.45, 7) is 3.76. The summed E-state index contributed by atoms with van der Waals surface area (Å²) in [5.74, 6) is 0. The fourth-order valence-corrected chi connectivity index (χ4v) is 4.19. The normalized spacial score (nSPS) is 18.9. The summed E-state index contributed by atoms with van der Waals surface area (Å²) in [6, 6.07) is 7.29. The van der Waals surface area contributed by atoms with E-state index in [-0.39, 0.29) is 6.04 Å². The van der Waals surface area contributed by atoms with E-state index in [2.05, 4.69) is 11.9 Å². The molecule has 0 aromatic heterocycles. The van der Waals surface area contributed by atoms with E-state index >= 15 is 0 Å². The summed E-state index contributed by atoms with van der Waals surface area (Å²) < 4.78 is 26.9. The molecule has 2 rings (SSSR count).